The van der Waals surface area contributed by atoms with Gasteiger partial charge in [0.2, 0.25) is 5.78 Å². The summed E-state index contributed by atoms with van der Waals surface area (Å²) in [6.07, 6.45) is 0. The lowest BCUT2D eigenvalue weighted by Crippen LogP contribution is -2.04. The van der Waals surface area contributed by atoms with Crippen LogP contribution in [0.1, 0.15) is 26.4 Å². The molecule has 4 heteroatoms. The van der Waals surface area contributed by atoms with Crippen molar-refractivity contribution >= 4 is 33.0 Å². The average molecular weight is 358 g/mol. The summed E-state index contributed by atoms with van der Waals surface area (Å²) in [5, 5.41) is 0.836. The largest absolute Gasteiger partial charge is 0.397 e. The lowest BCUT2D eigenvalue weighted by molar-refractivity contribution is 0.104. The third kappa shape index (κ3) is 2.78. The molecular formula is C22H18N2OS. The van der Waals surface area contributed by atoms with Gasteiger partial charge in [0.15, 0.2) is 0 Å². The molecule has 0 amide bonds. The molecule has 0 fully saturated rings. The zero-order valence-corrected chi connectivity index (χ0v) is 15.4. The Morgan fingerprint density at radius 2 is 1.77 bits per heavy atom. The minimum absolute atomic E-state index is 0.0377. The number of nitrogens with two attached hydrogens (primary N) is 1. The number of ketones is 1. The number of thiophene rings is 1. The van der Waals surface area contributed by atoms with Gasteiger partial charge >= 0.3 is 0 Å². The first-order valence-corrected chi connectivity index (χ1v) is 9.22. The van der Waals surface area contributed by atoms with Gasteiger partial charge in [-0.3, -0.25) is 4.79 Å². The van der Waals surface area contributed by atoms with Gasteiger partial charge in [-0.25, -0.2) is 4.98 Å². The number of pyridine rings is 1. The maximum absolute atomic E-state index is 13.0. The van der Waals surface area contributed by atoms with Crippen LogP contribution in [0.2, 0.25) is 0 Å². The zero-order valence-electron chi connectivity index (χ0n) is 14.6. The lowest BCUT2D eigenvalue weighted by atomic mass is 10.0. The average Bonchev–Trinajstić information content (AvgIpc) is 2.98. The molecule has 0 aliphatic heterocycles. The van der Waals surface area contributed by atoms with Gasteiger partial charge in [-0.05, 0) is 31.5 Å². The Labute approximate surface area is 156 Å². The van der Waals surface area contributed by atoms with Crippen molar-refractivity contribution in [1.29, 1.82) is 0 Å². The van der Waals surface area contributed by atoms with E-state index in [0.29, 0.717) is 16.1 Å². The Morgan fingerprint density at radius 3 is 2.50 bits per heavy atom. The highest BCUT2D eigenvalue weighted by Crippen LogP contribution is 2.36. The van der Waals surface area contributed by atoms with Gasteiger partial charge in [0, 0.05) is 16.5 Å². The van der Waals surface area contributed by atoms with Gasteiger partial charge in [0.05, 0.1) is 11.4 Å². The van der Waals surface area contributed by atoms with Gasteiger partial charge in [-0.2, -0.15) is 0 Å². The van der Waals surface area contributed by atoms with Crippen molar-refractivity contribution in [3.05, 3.63) is 82.2 Å². The van der Waals surface area contributed by atoms with E-state index < -0.39 is 0 Å². The van der Waals surface area contributed by atoms with Crippen LogP contribution in [0.5, 0.6) is 0 Å². The van der Waals surface area contributed by atoms with Crippen molar-refractivity contribution in [1.82, 2.24) is 4.98 Å². The van der Waals surface area contributed by atoms with Gasteiger partial charge in [0.1, 0.15) is 9.71 Å². The number of aromatic nitrogens is 1. The second-order valence-electron chi connectivity index (χ2n) is 6.41. The quantitative estimate of drug-likeness (QED) is 0.499. The molecule has 0 saturated heterocycles. The number of anilines is 1. The van der Waals surface area contributed by atoms with Crippen LogP contribution >= 0.6 is 11.3 Å². The Bertz CT molecular complexity index is 1130. The summed E-state index contributed by atoms with van der Waals surface area (Å²) in [6.45, 7) is 3.97. The first-order chi connectivity index (χ1) is 12.5. The minimum atomic E-state index is -0.0377. The summed E-state index contributed by atoms with van der Waals surface area (Å²) < 4.78 is 0. The molecule has 0 radical (unpaired) electrons. The number of nitrogens with zero attached hydrogens (tertiary/aromatic N) is 1. The molecular weight excluding hydrogens is 340 g/mol. The second-order valence-corrected chi connectivity index (χ2v) is 7.41. The molecule has 26 heavy (non-hydrogen) atoms. The van der Waals surface area contributed by atoms with Crippen LogP contribution in [0.15, 0.2) is 60.7 Å². The molecule has 0 saturated carbocycles. The van der Waals surface area contributed by atoms with E-state index in [1.165, 1.54) is 11.3 Å². The first-order valence-electron chi connectivity index (χ1n) is 8.41. The van der Waals surface area contributed by atoms with E-state index in [0.717, 1.165) is 32.6 Å². The Balaban J connectivity index is 1.81. The molecule has 4 rings (SSSR count). The van der Waals surface area contributed by atoms with Crippen molar-refractivity contribution < 1.29 is 4.79 Å². The fourth-order valence-corrected chi connectivity index (χ4v) is 4.17. The maximum atomic E-state index is 13.0. The van der Waals surface area contributed by atoms with Crippen LogP contribution in [-0.2, 0) is 0 Å². The monoisotopic (exact) mass is 358 g/mol. The smallest absolute Gasteiger partial charge is 0.205 e. The van der Waals surface area contributed by atoms with Crippen LogP contribution in [0.4, 0.5) is 5.69 Å². The summed E-state index contributed by atoms with van der Waals surface area (Å²) >= 11 is 1.36. The molecule has 0 aliphatic carbocycles. The summed E-state index contributed by atoms with van der Waals surface area (Å²) in [7, 11) is 0. The zero-order chi connectivity index (χ0) is 18.3. The molecule has 2 N–H and O–H groups in total. The number of benzene rings is 2. The maximum Gasteiger partial charge on any atom is 0.205 e. The normalized spacial score (nSPS) is 11.0. The van der Waals surface area contributed by atoms with Gasteiger partial charge in [-0.15, -0.1) is 11.3 Å². The van der Waals surface area contributed by atoms with Crippen molar-refractivity contribution in [2.75, 3.05) is 5.73 Å². The Kier molecular flexibility index (Phi) is 4.05. The summed E-state index contributed by atoms with van der Waals surface area (Å²) in [4.78, 5) is 19.1. The van der Waals surface area contributed by atoms with E-state index >= 15 is 0 Å². The predicted octanol–water partition coefficient (Wildman–Crippen LogP) is 5.39. The number of fused-ring (bicyclic) bond motifs is 1. The van der Waals surface area contributed by atoms with E-state index in [1.807, 2.05) is 74.5 Å². The van der Waals surface area contributed by atoms with Crippen LogP contribution in [0.3, 0.4) is 0 Å². The fourth-order valence-electron chi connectivity index (χ4n) is 3.13. The third-order valence-electron chi connectivity index (χ3n) is 4.50. The van der Waals surface area contributed by atoms with Crippen molar-refractivity contribution in [3.8, 4) is 11.3 Å². The van der Waals surface area contributed by atoms with Crippen LogP contribution in [-0.4, -0.2) is 10.8 Å². The molecule has 2 heterocycles. The van der Waals surface area contributed by atoms with Crippen molar-refractivity contribution in [2.24, 2.45) is 0 Å². The van der Waals surface area contributed by atoms with Gasteiger partial charge < -0.3 is 5.73 Å². The highest BCUT2D eigenvalue weighted by molar-refractivity contribution is 7.21. The molecule has 4 aromatic rings. The molecule has 0 bridgehead atoms. The molecule has 3 nitrogen and oxygen atoms in total. The molecule has 2 aromatic carbocycles. The molecule has 0 unspecified atom stereocenters. The molecule has 0 aliphatic rings. The van der Waals surface area contributed by atoms with Crippen molar-refractivity contribution in [3.63, 3.8) is 0 Å². The molecule has 128 valence electrons. The third-order valence-corrected chi connectivity index (χ3v) is 5.61. The minimum Gasteiger partial charge on any atom is -0.397 e. The number of hydrogen-bond acceptors (Lipinski definition) is 4. The number of carbonyl (C=O) groups is 1. The molecule has 0 atom stereocenters. The molecule has 2 aromatic heterocycles. The lowest BCUT2D eigenvalue weighted by Gasteiger charge is -2.05. The summed E-state index contributed by atoms with van der Waals surface area (Å²) in [5.41, 5.74) is 11.5. The second kappa shape index (κ2) is 6.39. The summed E-state index contributed by atoms with van der Waals surface area (Å²) in [6, 6.07) is 19.7. The number of carbonyl (C=O) groups excluding carboxylic acids is 1. The van der Waals surface area contributed by atoms with Gasteiger partial charge in [0.25, 0.3) is 0 Å². The van der Waals surface area contributed by atoms with Gasteiger partial charge in [-0.1, -0.05) is 54.1 Å². The first kappa shape index (κ1) is 16.5. The fraction of sp³-hybridized carbons (Fsp3) is 0.0909. The van der Waals surface area contributed by atoms with E-state index in [1.54, 1.807) is 0 Å². The number of nitrogen functional groups attached to an aromatic ring is 1. The van der Waals surface area contributed by atoms with E-state index in [9.17, 15) is 4.79 Å². The number of hydrogen-bond donors (Lipinski definition) is 1. The highest BCUT2D eigenvalue weighted by Gasteiger charge is 2.20. The van der Waals surface area contributed by atoms with Crippen LogP contribution in [0, 0.1) is 13.8 Å². The number of rotatable bonds is 3. The van der Waals surface area contributed by atoms with E-state index in [-0.39, 0.29) is 5.78 Å². The van der Waals surface area contributed by atoms with Crippen molar-refractivity contribution in [2.45, 2.75) is 13.8 Å². The SMILES string of the molecule is Cc1ccc(C(=O)c2sc3nc(-c4ccccc4)ccc3c2N)c(C)c1. The number of aryl methyl sites for hydroxylation is 2. The summed E-state index contributed by atoms with van der Waals surface area (Å²) in [5.74, 6) is -0.0377. The highest BCUT2D eigenvalue weighted by atomic mass is 32.1. The van der Waals surface area contributed by atoms with E-state index in [4.69, 9.17) is 10.7 Å². The standard InChI is InChI=1S/C22H18N2OS/c1-13-8-9-16(14(2)12-13)20(25)21-19(23)17-10-11-18(24-22(17)26-21)15-6-4-3-5-7-15/h3-12H,23H2,1-2H3. The molecule has 0 spiro atoms. The Hall–Kier alpha value is -2.98. The Morgan fingerprint density at radius 1 is 1.00 bits per heavy atom. The topological polar surface area (TPSA) is 56.0 Å². The van der Waals surface area contributed by atoms with Crippen LogP contribution in [0.25, 0.3) is 21.5 Å². The van der Waals surface area contributed by atoms with Crippen LogP contribution < -0.4 is 5.73 Å². The predicted molar refractivity (Wildman–Crippen MR) is 109 cm³/mol. The van der Waals surface area contributed by atoms with E-state index in [2.05, 4.69) is 0 Å².